The minimum atomic E-state index is -0.999. The molecule has 0 aliphatic rings. The van der Waals surface area contributed by atoms with Crippen LogP contribution in [0.15, 0.2) is 71.5 Å². The summed E-state index contributed by atoms with van der Waals surface area (Å²) in [5.41, 5.74) is 3.52. The fraction of sp³-hybridized carbons (Fsp3) is 0.120. The van der Waals surface area contributed by atoms with Crippen LogP contribution in [0.25, 0.3) is 21.9 Å². The monoisotopic (exact) mass is 474 g/mol. The third-order valence-electron chi connectivity index (χ3n) is 5.71. The highest BCUT2D eigenvalue weighted by atomic mass is 35.5. The largest absolute Gasteiger partial charge is 0.478 e. The highest BCUT2D eigenvalue weighted by Gasteiger charge is 2.21. The fourth-order valence-electron chi connectivity index (χ4n) is 3.99. The molecule has 0 bridgehead atoms. The molecule has 5 aromatic rings. The molecule has 2 N–H and O–H groups in total. The number of carboxylic acids is 1. The first-order valence-electron chi connectivity index (χ1n) is 10.5. The van der Waals surface area contributed by atoms with Gasteiger partial charge in [0.25, 0.3) is 5.91 Å². The first kappa shape index (κ1) is 21.7. The first-order valence-corrected chi connectivity index (χ1v) is 10.9. The third kappa shape index (κ3) is 3.99. The van der Waals surface area contributed by atoms with E-state index in [1.807, 2.05) is 25.1 Å². The van der Waals surface area contributed by atoms with E-state index in [0.717, 1.165) is 11.1 Å². The zero-order valence-electron chi connectivity index (χ0n) is 18.0. The Morgan fingerprint density at radius 1 is 1.15 bits per heavy atom. The molecule has 0 saturated heterocycles. The summed E-state index contributed by atoms with van der Waals surface area (Å²) < 4.78 is 7.17. The summed E-state index contributed by atoms with van der Waals surface area (Å²) in [6.07, 6.45) is 3.23. The fourth-order valence-corrected chi connectivity index (χ4v) is 4.20. The van der Waals surface area contributed by atoms with Crippen LogP contribution < -0.4 is 5.32 Å². The lowest BCUT2D eigenvalue weighted by molar-refractivity contribution is 0.0696. The molecule has 0 saturated carbocycles. The molecule has 8 nitrogen and oxygen atoms in total. The summed E-state index contributed by atoms with van der Waals surface area (Å²) in [7, 11) is 0. The van der Waals surface area contributed by atoms with Crippen LogP contribution in [0.3, 0.4) is 0 Å². The maximum absolute atomic E-state index is 13.4. The number of amides is 1. The van der Waals surface area contributed by atoms with Crippen molar-refractivity contribution in [2.75, 3.05) is 0 Å². The van der Waals surface area contributed by atoms with Gasteiger partial charge in [0.2, 0.25) is 0 Å². The molecule has 2 aromatic heterocycles. The van der Waals surface area contributed by atoms with Crippen molar-refractivity contribution in [3.8, 4) is 0 Å². The van der Waals surface area contributed by atoms with E-state index in [-0.39, 0.29) is 17.5 Å². The number of aromatic nitrogens is 3. The number of hydrogen-bond donors (Lipinski definition) is 2. The van der Waals surface area contributed by atoms with Crippen LogP contribution in [0, 0.1) is 0 Å². The van der Waals surface area contributed by atoms with Gasteiger partial charge in [-0.1, -0.05) is 41.0 Å². The van der Waals surface area contributed by atoms with E-state index < -0.39 is 5.97 Å². The number of aromatic carboxylic acids is 1. The second-order valence-electron chi connectivity index (χ2n) is 7.99. The van der Waals surface area contributed by atoms with Crippen molar-refractivity contribution in [2.45, 2.75) is 19.5 Å². The Morgan fingerprint density at radius 2 is 1.94 bits per heavy atom. The van der Waals surface area contributed by atoms with Gasteiger partial charge in [-0.2, -0.15) is 5.10 Å². The van der Waals surface area contributed by atoms with Crippen LogP contribution >= 0.6 is 11.6 Å². The second-order valence-corrected chi connectivity index (χ2v) is 8.42. The van der Waals surface area contributed by atoms with E-state index in [9.17, 15) is 9.59 Å². The predicted molar refractivity (Wildman–Crippen MR) is 127 cm³/mol. The van der Waals surface area contributed by atoms with Crippen LogP contribution in [-0.4, -0.2) is 31.9 Å². The lowest BCUT2D eigenvalue weighted by atomic mass is 10.0. The zero-order chi connectivity index (χ0) is 23.8. The van der Waals surface area contributed by atoms with Crippen molar-refractivity contribution in [2.24, 2.45) is 0 Å². The number of benzene rings is 3. The Labute approximate surface area is 198 Å². The van der Waals surface area contributed by atoms with Crippen LogP contribution in [0.2, 0.25) is 5.02 Å². The Hall–Kier alpha value is -4.17. The second kappa shape index (κ2) is 8.64. The summed E-state index contributed by atoms with van der Waals surface area (Å²) >= 11 is 6.14. The third-order valence-corrected chi connectivity index (χ3v) is 5.94. The number of carboxylic acid groups (broad SMARTS) is 1. The molecular weight excluding hydrogens is 456 g/mol. The van der Waals surface area contributed by atoms with Crippen molar-refractivity contribution in [3.63, 3.8) is 0 Å². The van der Waals surface area contributed by atoms with E-state index >= 15 is 0 Å². The zero-order valence-corrected chi connectivity index (χ0v) is 18.8. The van der Waals surface area contributed by atoms with Crippen molar-refractivity contribution >= 4 is 45.3 Å². The summed E-state index contributed by atoms with van der Waals surface area (Å²) in [5, 5.41) is 22.5. The molecule has 0 aliphatic heterocycles. The van der Waals surface area contributed by atoms with Gasteiger partial charge in [-0.15, -0.1) is 0 Å². The highest BCUT2D eigenvalue weighted by molar-refractivity contribution is 6.30. The van der Waals surface area contributed by atoms with E-state index in [1.165, 1.54) is 12.1 Å². The van der Waals surface area contributed by atoms with Crippen molar-refractivity contribution in [1.82, 2.24) is 20.3 Å². The number of nitrogens with one attached hydrogen (secondary N) is 1. The Kier molecular flexibility index (Phi) is 5.51. The number of rotatable bonds is 6. The van der Waals surface area contributed by atoms with Crippen molar-refractivity contribution in [1.29, 1.82) is 0 Å². The van der Waals surface area contributed by atoms with E-state index in [2.05, 4.69) is 15.6 Å². The molecule has 9 heteroatoms. The average molecular weight is 475 g/mol. The molecule has 0 radical (unpaired) electrons. The van der Waals surface area contributed by atoms with Crippen molar-refractivity contribution < 1.29 is 19.2 Å². The van der Waals surface area contributed by atoms with Gasteiger partial charge in [-0.3, -0.25) is 9.48 Å². The number of hydrogen-bond acceptors (Lipinski definition) is 5. The summed E-state index contributed by atoms with van der Waals surface area (Å²) in [6, 6.07) is 15.3. The number of carbonyl (C=O) groups is 2. The maximum atomic E-state index is 13.4. The van der Waals surface area contributed by atoms with Crippen LogP contribution in [-0.2, 0) is 6.54 Å². The molecule has 0 unspecified atom stereocenters. The van der Waals surface area contributed by atoms with E-state index in [4.69, 9.17) is 21.2 Å². The quantitative estimate of drug-likeness (QED) is 0.355. The van der Waals surface area contributed by atoms with Crippen LogP contribution in [0.4, 0.5) is 0 Å². The van der Waals surface area contributed by atoms with Gasteiger partial charge in [-0.25, -0.2) is 4.79 Å². The Balaban J connectivity index is 1.52. The minimum Gasteiger partial charge on any atom is -0.478 e. The van der Waals surface area contributed by atoms with Crippen LogP contribution in [0.5, 0.6) is 0 Å². The molecular formula is C25H19ClN4O4. The first-order chi connectivity index (χ1) is 16.4. The van der Waals surface area contributed by atoms with Gasteiger partial charge in [-0.05, 0) is 48.4 Å². The lowest BCUT2D eigenvalue weighted by Gasteiger charge is -2.16. The van der Waals surface area contributed by atoms with E-state index in [0.29, 0.717) is 39.0 Å². The SMILES string of the molecule is C[C@H](NC(=O)c1cc2cnoc2c2cnn(Cc3cccc(Cl)c3)c12)c1ccc(C(=O)O)cc1. The molecule has 34 heavy (non-hydrogen) atoms. The smallest absolute Gasteiger partial charge is 0.335 e. The molecule has 0 spiro atoms. The molecule has 5 rings (SSSR count). The number of nitrogens with zero attached hydrogens (tertiary/aromatic N) is 3. The van der Waals surface area contributed by atoms with Gasteiger partial charge in [0.05, 0.1) is 47.0 Å². The summed E-state index contributed by atoms with van der Waals surface area (Å²) in [6.45, 7) is 2.25. The molecule has 0 fully saturated rings. The predicted octanol–water partition coefficient (Wildman–Crippen LogP) is 5.07. The molecule has 0 aliphatic carbocycles. The molecule has 1 amide bonds. The number of carbonyl (C=O) groups excluding carboxylic acids is 1. The van der Waals surface area contributed by atoms with Gasteiger partial charge >= 0.3 is 5.97 Å². The lowest BCUT2D eigenvalue weighted by Crippen LogP contribution is -2.27. The maximum Gasteiger partial charge on any atom is 0.335 e. The molecule has 2 heterocycles. The van der Waals surface area contributed by atoms with Gasteiger partial charge in [0, 0.05) is 10.4 Å². The topological polar surface area (TPSA) is 110 Å². The normalized spacial score (nSPS) is 12.2. The summed E-state index contributed by atoms with van der Waals surface area (Å²) in [5.74, 6) is -1.30. The molecule has 1 atom stereocenters. The van der Waals surface area contributed by atoms with Crippen LogP contribution in [0.1, 0.15) is 44.8 Å². The summed E-state index contributed by atoms with van der Waals surface area (Å²) in [4.78, 5) is 24.5. The number of fused-ring (bicyclic) bond motifs is 3. The average Bonchev–Trinajstić information content (AvgIpc) is 3.45. The van der Waals surface area contributed by atoms with Gasteiger partial charge < -0.3 is 14.9 Å². The highest BCUT2D eigenvalue weighted by Crippen LogP contribution is 2.30. The van der Waals surface area contributed by atoms with Crippen molar-refractivity contribution in [3.05, 3.63) is 94.3 Å². The van der Waals surface area contributed by atoms with Gasteiger partial charge in [0.15, 0.2) is 5.58 Å². The minimum absolute atomic E-state index is 0.187. The van der Waals surface area contributed by atoms with E-state index in [1.54, 1.807) is 41.3 Å². The van der Waals surface area contributed by atoms with Gasteiger partial charge in [0.1, 0.15) is 0 Å². The molecule has 170 valence electrons. The molecule has 3 aromatic carbocycles. The standard InChI is InChI=1S/C25H19ClN4O4/c1-14(16-5-7-17(8-6-16)25(32)33)29-24(31)20-10-18-11-28-34-23(18)21-12-27-30(22(20)21)13-15-3-2-4-19(26)9-15/h2-12,14H,13H2,1H3,(H,29,31)(H,32,33)/t14-/m0/s1. The Bertz CT molecular complexity index is 1540. The number of halogens is 1. The Morgan fingerprint density at radius 3 is 2.68 bits per heavy atom.